The van der Waals surface area contributed by atoms with Crippen molar-refractivity contribution in [2.75, 3.05) is 19.9 Å². The van der Waals surface area contributed by atoms with Crippen LogP contribution in [0.4, 0.5) is 0 Å². The van der Waals surface area contributed by atoms with Crippen LogP contribution in [0.1, 0.15) is 46.5 Å². The van der Waals surface area contributed by atoms with Crippen LogP contribution in [-0.4, -0.2) is 56.2 Å². The lowest BCUT2D eigenvalue weighted by atomic mass is 9.86. The molecular formula is C15H27NO6S. The van der Waals surface area contributed by atoms with Crippen LogP contribution in [-0.2, 0) is 29.1 Å². The normalized spacial score (nSPS) is 22.7. The lowest BCUT2D eigenvalue weighted by Gasteiger charge is -2.34. The fraction of sp³-hybridized carbons (Fsp3) is 0.867. The molecule has 1 fully saturated rings. The zero-order valence-electron chi connectivity index (χ0n) is 14.5. The summed E-state index contributed by atoms with van der Waals surface area (Å²) in [6.07, 6.45) is 3.24. The van der Waals surface area contributed by atoms with Crippen LogP contribution < -0.4 is 0 Å². The fourth-order valence-corrected chi connectivity index (χ4v) is 3.88. The van der Waals surface area contributed by atoms with Gasteiger partial charge < -0.3 is 9.47 Å². The first-order valence-electron chi connectivity index (χ1n) is 7.70. The quantitative estimate of drug-likeness (QED) is 0.696. The number of ether oxygens (including phenoxy) is 2. The molecule has 0 aromatic rings. The maximum absolute atomic E-state index is 12.0. The molecule has 0 saturated heterocycles. The van der Waals surface area contributed by atoms with Crippen molar-refractivity contribution in [1.29, 1.82) is 0 Å². The molecule has 1 aliphatic rings. The van der Waals surface area contributed by atoms with Gasteiger partial charge in [0.1, 0.15) is 12.1 Å². The first-order chi connectivity index (χ1) is 10.4. The van der Waals surface area contributed by atoms with Gasteiger partial charge in [-0.2, -0.15) is 4.31 Å². The average Bonchev–Trinajstić information content (AvgIpc) is 2.41. The molecule has 1 rings (SSSR count). The molecule has 0 amide bonds. The molecule has 0 unspecified atom stereocenters. The van der Waals surface area contributed by atoms with Crippen molar-refractivity contribution in [3.63, 3.8) is 0 Å². The minimum absolute atomic E-state index is 0.195. The molecule has 0 N–H and O–H groups in total. The molecule has 0 spiro atoms. The van der Waals surface area contributed by atoms with E-state index in [0.29, 0.717) is 25.7 Å². The number of rotatable bonds is 5. The Bertz CT molecular complexity index is 529. The first kappa shape index (κ1) is 19.9. The molecule has 0 aromatic carbocycles. The Labute approximate surface area is 138 Å². The van der Waals surface area contributed by atoms with E-state index >= 15 is 0 Å². The van der Waals surface area contributed by atoms with Gasteiger partial charge in [0.05, 0.1) is 19.3 Å². The standard InChI is InChI=1S/C15H27NO6S/c1-15(2,3)22-13(17)10-16(23(5,19)20)12-8-6-11(7-9-12)14(18)21-4/h11-12H,6-10H2,1-5H3. The Balaban J connectivity index is 2.74. The van der Waals surface area contributed by atoms with Gasteiger partial charge in [-0.1, -0.05) is 0 Å². The zero-order valence-corrected chi connectivity index (χ0v) is 15.3. The lowest BCUT2D eigenvalue weighted by molar-refractivity contribution is -0.156. The summed E-state index contributed by atoms with van der Waals surface area (Å²) in [4.78, 5) is 23.5. The summed E-state index contributed by atoms with van der Waals surface area (Å²) in [5.41, 5.74) is -0.664. The summed E-state index contributed by atoms with van der Waals surface area (Å²) < 4.78 is 35.2. The number of carbonyl (C=O) groups excluding carboxylic acids is 2. The van der Waals surface area contributed by atoms with Gasteiger partial charge in [0.25, 0.3) is 0 Å². The lowest BCUT2D eigenvalue weighted by Crippen LogP contribution is -2.46. The van der Waals surface area contributed by atoms with E-state index in [1.165, 1.54) is 11.4 Å². The van der Waals surface area contributed by atoms with Gasteiger partial charge in [0.2, 0.25) is 10.0 Å². The number of carbonyl (C=O) groups is 2. The molecule has 7 nitrogen and oxygen atoms in total. The molecule has 0 aliphatic heterocycles. The molecule has 0 aromatic heterocycles. The highest BCUT2D eigenvalue weighted by atomic mass is 32.2. The predicted octanol–water partition coefficient (Wildman–Crippen LogP) is 1.32. The van der Waals surface area contributed by atoms with Crippen molar-refractivity contribution >= 4 is 22.0 Å². The van der Waals surface area contributed by atoms with Gasteiger partial charge in [0.15, 0.2) is 0 Å². The number of hydrogen-bond donors (Lipinski definition) is 0. The molecule has 0 heterocycles. The minimum atomic E-state index is -3.54. The van der Waals surface area contributed by atoms with E-state index in [9.17, 15) is 18.0 Å². The third-order valence-corrected chi connectivity index (χ3v) is 5.05. The predicted molar refractivity (Wildman–Crippen MR) is 85.2 cm³/mol. The van der Waals surface area contributed by atoms with E-state index in [-0.39, 0.29) is 24.5 Å². The van der Waals surface area contributed by atoms with E-state index < -0.39 is 21.6 Å². The van der Waals surface area contributed by atoms with Crippen molar-refractivity contribution in [2.45, 2.75) is 58.1 Å². The summed E-state index contributed by atoms with van der Waals surface area (Å²) in [6.45, 7) is 4.90. The third-order valence-electron chi connectivity index (χ3n) is 3.77. The summed E-state index contributed by atoms with van der Waals surface area (Å²) in [5.74, 6) is -1.03. The topological polar surface area (TPSA) is 90.0 Å². The van der Waals surface area contributed by atoms with Gasteiger partial charge in [0, 0.05) is 6.04 Å². The first-order valence-corrected chi connectivity index (χ1v) is 9.55. The third kappa shape index (κ3) is 6.47. The summed E-state index contributed by atoms with van der Waals surface area (Å²) in [6, 6.07) is -0.293. The van der Waals surface area contributed by atoms with Crippen molar-refractivity contribution in [3.8, 4) is 0 Å². The highest BCUT2D eigenvalue weighted by Crippen LogP contribution is 2.29. The molecule has 8 heteroatoms. The van der Waals surface area contributed by atoms with Crippen molar-refractivity contribution in [2.24, 2.45) is 5.92 Å². The SMILES string of the molecule is COC(=O)C1CCC(N(CC(=O)OC(C)(C)C)S(C)(=O)=O)CC1. The number of sulfonamides is 1. The molecule has 0 bridgehead atoms. The van der Waals surface area contributed by atoms with Gasteiger partial charge >= 0.3 is 11.9 Å². The van der Waals surface area contributed by atoms with E-state index in [1.807, 2.05) is 0 Å². The molecule has 0 radical (unpaired) electrons. The van der Waals surface area contributed by atoms with Gasteiger partial charge in [-0.3, -0.25) is 9.59 Å². The number of esters is 2. The number of hydrogen-bond acceptors (Lipinski definition) is 6. The van der Waals surface area contributed by atoms with Crippen LogP contribution in [0.15, 0.2) is 0 Å². The molecule has 1 saturated carbocycles. The Hall–Kier alpha value is -1.15. The number of methoxy groups -OCH3 is 1. The smallest absolute Gasteiger partial charge is 0.321 e. The van der Waals surface area contributed by atoms with E-state index in [4.69, 9.17) is 9.47 Å². The maximum atomic E-state index is 12.0. The van der Waals surface area contributed by atoms with Crippen LogP contribution in [0.25, 0.3) is 0 Å². The van der Waals surface area contributed by atoms with Crippen molar-refractivity contribution in [3.05, 3.63) is 0 Å². The summed E-state index contributed by atoms with van der Waals surface area (Å²) in [7, 11) is -2.20. The molecule has 23 heavy (non-hydrogen) atoms. The highest BCUT2D eigenvalue weighted by molar-refractivity contribution is 7.88. The fourth-order valence-electron chi connectivity index (χ4n) is 2.78. The Kier molecular flexibility index (Phi) is 6.59. The molecular weight excluding hydrogens is 322 g/mol. The minimum Gasteiger partial charge on any atom is -0.469 e. The Morgan fingerprint density at radius 3 is 2.04 bits per heavy atom. The molecule has 0 atom stereocenters. The average molecular weight is 349 g/mol. The van der Waals surface area contributed by atoms with Crippen molar-refractivity contribution in [1.82, 2.24) is 4.31 Å². The van der Waals surface area contributed by atoms with Crippen LogP contribution >= 0.6 is 0 Å². The largest absolute Gasteiger partial charge is 0.469 e. The van der Waals surface area contributed by atoms with Crippen LogP contribution in [0, 0.1) is 5.92 Å². The van der Waals surface area contributed by atoms with Gasteiger partial charge in [-0.25, -0.2) is 8.42 Å². The highest BCUT2D eigenvalue weighted by Gasteiger charge is 2.35. The second-order valence-corrected chi connectivity index (χ2v) is 8.86. The van der Waals surface area contributed by atoms with E-state index in [2.05, 4.69) is 0 Å². The van der Waals surface area contributed by atoms with Crippen LogP contribution in [0.3, 0.4) is 0 Å². The second-order valence-electron chi connectivity index (χ2n) is 6.92. The van der Waals surface area contributed by atoms with Gasteiger partial charge in [-0.15, -0.1) is 0 Å². The van der Waals surface area contributed by atoms with E-state index in [0.717, 1.165) is 6.26 Å². The molecule has 1 aliphatic carbocycles. The van der Waals surface area contributed by atoms with Crippen molar-refractivity contribution < 1.29 is 27.5 Å². The molecule has 134 valence electrons. The Morgan fingerprint density at radius 2 is 1.65 bits per heavy atom. The van der Waals surface area contributed by atoms with Crippen LogP contribution in [0.5, 0.6) is 0 Å². The summed E-state index contributed by atoms with van der Waals surface area (Å²) in [5, 5.41) is 0. The Morgan fingerprint density at radius 1 is 1.13 bits per heavy atom. The number of nitrogens with zero attached hydrogens (tertiary/aromatic N) is 1. The van der Waals surface area contributed by atoms with E-state index in [1.54, 1.807) is 20.8 Å². The maximum Gasteiger partial charge on any atom is 0.321 e. The zero-order chi connectivity index (χ0) is 17.8. The van der Waals surface area contributed by atoms with Crippen LogP contribution in [0.2, 0.25) is 0 Å². The monoisotopic (exact) mass is 349 g/mol. The van der Waals surface area contributed by atoms with Gasteiger partial charge in [-0.05, 0) is 46.5 Å². The second kappa shape index (κ2) is 7.61. The summed E-state index contributed by atoms with van der Waals surface area (Å²) >= 11 is 0.